The molecule has 26 heavy (non-hydrogen) atoms. The first-order valence-electron chi connectivity index (χ1n) is 8.87. The van der Waals surface area contributed by atoms with Crippen molar-refractivity contribution in [1.29, 1.82) is 0 Å². The van der Waals surface area contributed by atoms with Crippen LogP contribution in [0.2, 0.25) is 0 Å². The maximum absolute atomic E-state index is 12.6. The molecule has 0 radical (unpaired) electrons. The van der Waals surface area contributed by atoms with E-state index in [1.165, 1.54) is 32.6 Å². The second kappa shape index (κ2) is 5.79. The maximum Gasteiger partial charge on any atom is 0.341 e. The number of carboxylic acids is 1. The first kappa shape index (κ1) is 15.8. The Morgan fingerprint density at radius 2 is 2.08 bits per heavy atom. The summed E-state index contributed by atoms with van der Waals surface area (Å²) in [5.74, 6) is -0.719. The van der Waals surface area contributed by atoms with Crippen LogP contribution in [0.3, 0.4) is 0 Å². The van der Waals surface area contributed by atoms with Crippen molar-refractivity contribution in [3.63, 3.8) is 0 Å². The molecule has 2 aliphatic rings. The average molecular weight is 366 g/mol. The largest absolute Gasteiger partial charge is 0.477 e. The Morgan fingerprint density at radius 3 is 2.81 bits per heavy atom. The summed E-state index contributed by atoms with van der Waals surface area (Å²) in [5, 5.41) is 13.1. The van der Waals surface area contributed by atoms with Gasteiger partial charge >= 0.3 is 5.97 Å². The number of hydrogen-bond donors (Lipinski definition) is 3. The highest BCUT2D eigenvalue weighted by Gasteiger charge is 2.28. The summed E-state index contributed by atoms with van der Waals surface area (Å²) < 4.78 is 0. The van der Waals surface area contributed by atoms with E-state index in [0.29, 0.717) is 16.8 Å². The predicted molar refractivity (Wildman–Crippen MR) is 102 cm³/mol. The van der Waals surface area contributed by atoms with Gasteiger partial charge in [0.25, 0.3) is 0 Å². The Labute approximate surface area is 153 Å². The normalized spacial score (nSPS) is 16.6. The lowest BCUT2D eigenvalue weighted by Crippen LogP contribution is -2.21. The van der Waals surface area contributed by atoms with Crippen LogP contribution in [0.1, 0.15) is 45.1 Å². The number of H-pyrrole nitrogens is 1. The molecule has 0 atom stereocenters. The molecule has 1 aliphatic heterocycles. The fraction of sp³-hybridized carbons (Fsp3) is 0.300. The van der Waals surface area contributed by atoms with E-state index in [-0.39, 0.29) is 5.56 Å². The molecule has 3 heterocycles. The van der Waals surface area contributed by atoms with Gasteiger partial charge in [0.1, 0.15) is 5.56 Å². The van der Waals surface area contributed by atoms with E-state index in [9.17, 15) is 14.7 Å². The number of benzene rings is 1. The molecule has 2 aromatic heterocycles. The zero-order valence-corrected chi connectivity index (χ0v) is 14.9. The number of aromatic carboxylic acids is 1. The summed E-state index contributed by atoms with van der Waals surface area (Å²) in [5.41, 5.74) is 3.81. The van der Waals surface area contributed by atoms with Crippen molar-refractivity contribution >= 4 is 28.2 Å². The highest BCUT2D eigenvalue weighted by atomic mass is 32.1. The Hall–Kier alpha value is -2.44. The van der Waals surface area contributed by atoms with Crippen LogP contribution >= 0.6 is 11.3 Å². The molecular formula is C20H18N2O3S. The SMILES string of the molecule is O=C(O)c1c[nH]c2cc(-c3cc4c(s3)CCNC4)c(C3CC3)cc2c1=O. The molecule has 3 N–H and O–H groups in total. The minimum atomic E-state index is -1.19. The zero-order valence-electron chi connectivity index (χ0n) is 14.1. The van der Waals surface area contributed by atoms with Crippen LogP contribution in [-0.2, 0) is 13.0 Å². The zero-order chi connectivity index (χ0) is 17.8. The summed E-state index contributed by atoms with van der Waals surface area (Å²) in [6.07, 6.45) is 4.62. The summed E-state index contributed by atoms with van der Waals surface area (Å²) in [6, 6.07) is 6.22. The molecule has 1 aliphatic carbocycles. The molecule has 1 aromatic carbocycles. The van der Waals surface area contributed by atoms with Gasteiger partial charge < -0.3 is 15.4 Å². The van der Waals surface area contributed by atoms with E-state index in [2.05, 4.69) is 16.4 Å². The van der Waals surface area contributed by atoms with Crippen molar-refractivity contribution in [3.8, 4) is 10.4 Å². The first-order valence-corrected chi connectivity index (χ1v) is 9.69. The maximum atomic E-state index is 12.6. The highest BCUT2D eigenvalue weighted by Crippen LogP contribution is 2.47. The average Bonchev–Trinajstić information content (AvgIpc) is 3.39. The number of aromatic nitrogens is 1. The molecule has 1 fully saturated rings. The van der Waals surface area contributed by atoms with E-state index in [0.717, 1.165) is 32.4 Å². The van der Waals surface area contributed by atoms with Gasteiger partial charge in [-0.15, -0.1) is 11.3 Å². The second-order valence-corrected chi connectivity index (χ2v) is 8.22. The van der Waals surface area contributed by atoms with Crippen LogP contribution < -0.4 is 10.7 Å². The van der Waals surface area contributed by atoms with Crippen molar-refractivity contribution < 1.29 is 9.90 Å². The van der Waals surface area contributed by atoms with Crippen molar-refractivity contribution in [3.05, 3.63) is 56.2 Å². The Morgan fingerprint density at radius 1 is 1.23 bits per heavy atom. The van der Waals surface area contributed by atoms with Crippen LogP contribution in [0.4, 0.5) is 0 Å². The van der Waals surface area contributed by atoms with Gasteiger partial charge in [-0.1, -0.05) is 0 Å². The number of rotatable bonds is 3. The quantitative estimate of drug-likeness (QED) is 0.663. The number of thiophene rings is 1. The van der Waals surface area contributed by atoms with Crippen molar-refractivity contribution in [2.45, 2.75) is 31.7 Å². The van der Waals surface area contributed by atoms with Crippen LogP contribution in [0.15, 0.2) is 29.2 Å². The minimum absolute atomic E-state index is 0.204. The first-order chi connectivity index (χ1) is 12.6. The third kappa shape index (κ3) is 2.48. The minimum Gasteiger partial charge on any atom is -0.477 e. The lowest BCUT2D eigenvalue weighted by atomic mass is 9.97. The van der Waals surface area contributed by atoms with E-state index in [1.807, 2.05) is 23.5 Å². The lowest BCUT2D eigenvalue weighted by Gasteiger charge is -2.10. The van der Waals surface area contributed by atoms with E-state index >= 15 is 0 Å². The third-order valence-electron chi connectivity index (χ3n) is 5.30. The summed E-state index contributed by atoms with van der Waals surface area (Å²) in [7, 11) is 0. The molecule has 132 valence electrons. The fourth-order valence-corrected chi connectivity index (χ4v) is 4.99. The van der Waals surface area contributed by atoms with Crippen LogP contribution in [0.5, 0.6) is 0 Å². The molecule has 0 unspecified atom stereocenters. The Balaban J connectivity index is 1.73. The Bertz CT molecular complexity index is 1080. The van der Waals surface area contributed by atoms with E-state index < -0.39 is 11.4 Å². The van der Waals surface area contributed by atoms with Crippen molar-refractivity contribution in [2.75, 3.05) is 6.54 Å². The summed E-state index contributed by atoms with van der Waals surface area (Å²) in [4.78, 5) is 29.5. The van der Waals surface area contributed by atoms with Gasteiger partial charge in [-0.25, -0.2) is 4.79 Å². The number of aromatic amines is 1. The van der Waals surface area contributed by atoms with Crippen LogP contribution in [0.25, 0.3) is 21.3 Å². The number of carbonyl (C=O) groups is 1. The van der Waals surface area contributed by atoms with Gasteiger partial charge in [0.05, 0.1) is 0 Å². The molecule has 5 nitrogen and oxygen atoms in total. The molecule has 0 spiro atoms. The molecule has 5 rings (SSSR count). The van der Waals surface area contributed by atoms with Crippen molar-refractivity contribution in [2.24, 2.45) is 0 Å². The lowest BCUT2D eigenvalue weighted by molar-refractivity contribution is 0.0695. The van der Waals surface area contributed by atoms with Crippen LogP contribution in [0, 0.1) is 0 Å². The van der Waals surface area contributed by atoms with Gasteiger partial charge in [-0.05, 0) is 60.1 Å². The summed E-state index contributed by atoms with van der Waals surface area (Å²) in [6.45, 7) is 1.93. The number of pyridine rings is 1. The van der Waals surface area contributed by atoms with Gasteiger partial charge in [0.2, 0.25) is 5.43 Å². The number of hydrogen-bond acceptors (Lipinski definition) is 4. The Kier molecular flexibility index (Phi) is 3.52. The number of fused-ring (bicyclic) bond motifs is 2. The predicted octanol–water partition coefficient (Wildman–Crippen LogP) is 3.48. The van der Waals surface area contributed by atoms with Gasteiger partial charge in [-0.3, -0.25) is 4.79 Å². The molecular weight excluding hydrogens is 348 g/mol. The second-order valence-electron chi connectivity index (χ2n) is 7.08. The summed E-state index contributed by atoms with van der Waals surface area (Å²) >= 11 is 1.84. The molecule has 1 saturated carbocycles. The monoisotopic (exact) mass is 366 g/mol. The van der Waals surface area contributed by atoms with Crippen molar-refractivity contribution in [1.82, 2.24) is 10.3 Å². The van der Waals surface area contributed by atoms with E-state index in [4.69, 9.17) is 0 Å². The number of carboxylic acid groups (broad SMARTS) is 1. The third-order valence-corrected chi connectivity index (χ3v) is 6.58. The van der Waals surface area contributed by atoms with Gasteiger partial charge in [-0.2, -0.15) is 0 Å². The van der Waals surface area contributed by atoms with E-state index in [1.54, 1.807) is 0 Å². The molecule has 0 bridgehead atoms. The smallest absolute Gasteiger partial charge is 0.341 e. The fourth-order valence-electron chi connectivity index (χ4n) is 3.77. The van der Waals surface area contributed by atoms with Crippen LogP contribution in [-0.4, -0.2) is 22.6 Å². The molecule has 3 aromatic rings. The van der Waals surface area contributed by atoms with Gasteiger partial charge in [0.15, 0.2) is 0 Å². The highest BCUT2D eigenvalue weighted by molar-refractivity contribution is 7.15. The molecule has 0 amide bonds. The number of nitrogens with one attached hydrogen (secondary N) is 2. The molecule has 6 heteroatoms. The molecule has 0 saturated heterocycles. The van der Waals surface area contributed by atoms with Gasteiger partial charge in [0, 0.05) is 39.9 Å². The topological polar surface area (TPSA) is 82.2 Å². The standard InChI is InChI=1S/C20H18N2O3S/c23-19-14-6-12(10-1-2-10)13(7-16(14)22-9-15(19)20(24)25)18-5-11-8-21-4-3-17(11)26-18/h5-7,9-10,21H,1-4,8H2,(H,22,23)(H,24,25).